The maximum absolute atomic E-state index is 16.0. The van der Waals surface area contributed by atoms with Gasteiger partial charge in [0, 0.05) is 22.7 Å². The number of hydrogen-bond acceptors (Lipinski definition) is 5. The van der Waals surface area contributed by atoms with Crippen LogP contribution in [-0.4, -0.2) is 24.4 Å². The molecule has 0 aromatic heterocycles. The highest BCUT2D eigenvalue weighted by molar-refractivity contribution is 5.92. The zero-order chi connectivity index (χ0) is 26.4. The fraction of sp³-hybridized carbons (Fsp3) is 0.367. The van der Waals surface area contributed by atoms with E-state index in [-0.39, 0.29) is 23.7 Å². The molecule has 0 radical (unpaired) electrons. The summed E-state index contributed by atoms with van der Waals surface area (Å²) in [7, 11) is 0. The third-order valence-corrected chi connectivity index (χ3v) is 8.16. The maximum atomic E-state index is 16.0. The summed E-state index contributed by atoms with van der Waals surface area (Å²) in [6.07, 6.45) is 1.12. The molecule has 1 spiro atoms. The fourth-order valence-electron chi connectivity index (χ4n) is 6.01. The summed E-state index contributed by atoms with van der Waals surface area (Å²) in [5, 5.41) is 3.36. The number of rotatable bonds is 6. The molecule has 0 amide bonds. The molecule has 7 heteroatoms. The molecule has 2 aliphatic heterocycles. The summed E-state index contributed by atoms with van der Waals surface area (Å²) in [5.41, 5.74) is 7.62. The van der Waals surface area contributed by atoms with Gasteiger partial charge in [-0.1, -0.05) is 48.5 Å². The molecule has 2 aliphatic rings. The Hall–Kier alpha value is -3.45. The first-order chi connectivity index (χ1) is 17.7. The number of nitrogens with zero attached hydrogens (tertiary/aromatic N) is 1. The SMILES string of the molecule is CC(=O)C(C)(C)N1c2c(OCc3ccccc3)cc(F)c(F)c2C2(CCNCC2)C1c1ccccc1N. The van der Waals surface area contributed by atoms with E-state index < -0.39 is 28.6 Å². The number of piperidine rings is 1. The highest BCUT2D eigenvalue weighted by Gasteiger charge is 2.59. The van der Waals surface area contributed by atoms with Crippen LogP contribution in [0.25, 0.3) is 0 Å². The van der Waals surface area contributed by atoms with E-state index in [0.29, 0.717) is 37.3 Å². The first-order valence-corrected chi connectivity index (χ1v) is 12.7. The lowest BCUT2D eigenvalue weighted by atomic mass is 9.67. The summed E-state index contributed by atoms with van der Waals surface area (Å²) in [6, 6.07) is 17.7. The van der Waals surface area contributed by atoms with Gasteiger partial charge in [-0.15, -0.1) is 0 Å². The van der Waals surface area contributed by atoms with E-state index in [0.717, 1.165) is 17.2 Å². The van der Waals surface area contributed by atoms with Gasteiger partial charge >= 0.3 is 0 Å². The Morgan fingerprint density at radius 3 is 2.41 bits per heavy atom. The van der Waals surface area contributed by atoms with Crippen LogP contribution < -0.4 is 20.7 Å². The van der Waals surface area contributed by atoms with Gasteiger partial charge in [0.2, 0.25) is 0 Å². The summed E-state index contributed by atoms with van der Waals surface area (Å²) in [4.78, 5) is 15.1. The van der Waals surface area contributed by atoms with Crippen molar-refractivity contribution < 1.29 is 18.3 Å². The summed E-state index contributed by atoms with van der Waals surface area (Å²) in [6.45, 7) is 6.63. The monoisotopic (exact) mass is 505 g/mol. The minimum atomic E-state index is -1.05. The minimum absolute atomic E-state index is 0.0947. The topological polar surface area (TPSA) is 67.6 Å². The molecule has 3 aromatic carbocycles. The number of nitrogens with one attached hydrogen (secondary N) is 1. The van der Waals surface area contributed by atoms with Gasteiger partial charge in [0.25, 0.3) is 0 Å². The van der Waals surface area contributed by atoms with Gasteiger partial charge in [-0.25, -0.2) is 8.78 Å². The number of benzene rings is 3. The first-order valence-electron chi connectivity index (χ1n) is 12.7. The number of carbonyl (C=O) groups excluding carboxylic acids is 1. The third-order valence-electron chi connectivity index (χ3n) is 8.16. The van der Waals surface area contributed by atoms with Gasteiger partial charge in [0.05, 0.1) is 17.3 Å². The number of fused-ring (bicyclic) bond motifs is 2. The van der Waals surface area contributed by atoms with Crippen molar-refractivity contribution >= 4 is 17.2 Å². The molecule has 3 N–H and O–H groups in total. The van der Waals surface area contributed by atoms with Crippen molar-refractivity contribution in [2.75, 3.05) is 23.7 Å². The number of carbonyl (C=O) groups is 1. The van der Waals surface area contributed by atoms with E-state index in [4.69, 9.17) is 10.5 Å². The number of anilines is 2. The van der Waals surface area contributed by atoms with E-state index in [1.54, 1.807) is 0 Å². The van der Waals surface area contributed by atoms with E-state index in [2.05, 4.69) is 5.32 Å². The molecular formula is C30H33F2N3O2. The minimum Gasteiger partial charge on any atom is -0.487 e. The predicted molar refractivity (Wildman–Crippen MR) is 142 cm³/mol. The molecule has 5 rings (SSSR count). The van der Waals surface area contributed by atoms with Crippen LogP contribution in [-0.2, 0) is 16.8 Å². The van der Waals surface area contributed by atoms with Gasteiger partial charge < -0.3 is 20.7 Å². The quantitative estimate of drug-likeness (QED) is 0.422. The van der Waals surface area contributed by atoms with Gasteiger partial charge in [-0.05, 0) is 63.9 Å². The molecule has 37 heavy (non-hydrogen) atoms. The molecule has 1 saturated heterocycles. The summed E-state index contributed by atoms with van der Waals surface area (Å²) >= 11 is 0. The smallest absolute Gasteiger partial charge is 0.165 e. The predicted octanol–water partition coefficient (Wildman–Crippen LogP) is 5.68. The van der Waals surface area contributed by atoms with Gasteiger partial charge in [0.1, 0.15) is 12.4 Å². The van der Waals surface area contributed by atoms with Crippen LogP contribution in [0.4, 0.5) is 20.2 Å². The van der Waals surface area contributed by atoms with Gasteiger partial charge in [0.15, 0.2) is 17.4 Å². The standard InChI is InChI=1S/C30H33F2N3O2/c1-19(36)29(2,3)35-27-24(37-18-20-9-5-4-6-10-20)17-22(31)26(32)25(27)30(13-15-34-16-14-30)28(35)21-11-7-8-12-23(21)33/h4-12,17,28,34H,13-16,18,33H2,1-3H3. The zero-order valence-electron chi connectivity index (χ0n) is 21.5. The highest BCUT2D eigenvalue weighted by Crippen LogP contribution is 2.63. The van der Waals surface area contributed by atoms with E-state index in [9.17, 15) is 4.79 Å². The number of nitrogen functional groups attached to an aromatic ring is 1. The maximum Gasteiger partial charge on any atom is 0.165 e. The highest BCUT2D eigenvalue weighted by atomic mass is 19.2. The van der Waals surface area contributed by atoms with Crippen LogP contribution >= 0.6 is 0 Å². The lowest BCUT2D eigenvalue weighted by Crippen LogP contribution is -2.54. The van der Waals surface area contributed by atoms with Crippen LogP contribution in [0.15, 0.2) is 60.7 Å². The second-order valence-electron chi connectivity index (χ2n) is 10.6. The van der Waals surface area contributed by atoms with Crippen molar-refractivity contribution in [1.82, 2.24) is 5.32 Å². The van der Waals surface area contributed by atoms with Crippen LogP contribution in [0.2, 0.25) is 0 Å². The third kappa shape index (κ3) is 4.06. The normalized spacial score (nSPS) is 18.6. The molecule has 2 heterocycles. The summed E-state index contributed by atoms with van der Waals surface area (Å²) < 4.78 is 37.6. The Kier molecular flexibility index (Phi) is 6.44. The van der Waals surface area contributed by atoms with Crippen molar-refractivity contribution in [3.05, 3.63) is 89.0 Å². The van der Waals surface area contributed by atoms with Crippen LogP contribution in [0.5, 0.6) is 5.75 Å². The Labute approximate surface area is 216 Å². The van der Waals surface area contributed by atoms with Crippen LogP contribution in [0.3, 0.4) is 0 Å². The second kappa shape index (κ2) is 9.45. The number of ketones is 1. The number of para-hydroxylation sites is 1. The average molecular weight is 506 g/mol. The zero-order valence-corrected chi connectivity index (χ0v) is 21.5. The Morgan fingerprint density at radius 2 is 1.76 bits per heavy atom. The van der Waals surface area contributed by atoms with E-state index in [1.807, 2.05) is 73.3 Å². The molecule has 194 valence electrons. The van der Waals surface area contributed by atoms with Crippen molar-refractivity contribution in [3.63, 3.8) is 0 Å². The number of Topliss-reactive ketones (excluding diaryl/α,β-unsaturated/α-hetero) is 1. The van der Waals surface area contributed by atoms with Crippen molar-refractivity contribution in [2.24, 2.45) is 0 Å². The Morgan fingerprint density at radius 1 is 1.11 bits per heavy atom. The van der Waals surface area contributed by atoms with Gasteiger partial charge in [-0.3, -0.25) is 4.79 Å². The van der Waals surface area contributed by atoms with E-state index in [1.165, 1.54) is 6.92 Å². The van der Waals surface area contributed by atoms with E-state index >= 15 is 8.78 Å². The average Bonchev–Trinajstić information content (AvgIpc) is 3.17. The Balaban J connectivity index is 1.80. The number of hydrogen-bond donors (Lipinski definition) is 2. The molecule has 5 nitrogen and oxygen atoms in total. The summed E-state index contributed by atoms with van der Waals surface area (Å²) in [5.74, 6) is -1.71. The van der Waals surface area contributed by atoms with Crippen molar-refractivity contribution in [3.8, 4) is 5.75 Å². The van der Waals surface area contributed by atoms with Crippen LogP contribution in [0, 0.1) is 11.6 Å². The molecule has 3 aromatic rings. The number of nitrogens with two attached hydrogens (primary N) is 1. The molecule has 0 aliphatic carbocycles. The van der Waals surface area contributed by atoms with Crippen molar-refractivity contribution in [1.29, 1.82) is 0 Å². The molecular weight excluding hydrogens is 472 g/mol. The molecule has 0 bridgehead atoms. The second-order valence-corrected chi connectivity index (χ2v) is 10.6. The lowest BCUT2D eigenvalue weighted by molar-refractivity contribution is -0.121. The molecule has 1 unspecified atom stereocenters. The van der Waals surface area contributed by atoms with Gasteiger partial charge in [-0.2, -0.15) is 0 Å². The Bertz CT molecular complexity index is 1320. The lowest BCUT2D eigenvalue weighted by Gasteiger charge is -2.47. The fourth-order valence-corrected chi connectivity index (χ4v) is 6.01. The number of ether oxygens (including phenoxy) is 1. The largest absolute Gasteiger partial charge is 0.487 e. The molecule has 1 fully saturated rings. The molecule has 0 saturated carbocycles. The molecule has 1 atom stereocenters. The first kappa shape index (κ1) is 25.2. The van der Waals surface area contributed by atoms with Crippen LogP contribution in [0.1, 0.15) is 56.3 Å². The number of halogens is 2. The van der Waals surface area contributed by atoms with Crippen molar-refractivity contribution in [2.45, 2.75) is 57.2 Å².